The van der Waals surface area contributed by atoms with Gasteiger partial charge < -0.3 is 20.4 Å². The highest BCUT2D eigenvalue weighted by Gasteiger charge is 2.21. The molecular weight excluding hydrogens is 254 g/mol. The molecular formula is C15H17N3O2. The van der Waals surface area contributed by atoms with Crippen molar-refractivity contribution in [3.63, 3.8) is 0 Å². The molecule has 1 aliphatic heterocycles. The van der Waals surface area contributed by atoms with Crippen LogP contribution in [0.15, 0.2) is 34.9 Å². The van der Waals surface area contributed by atoms with Crippen molar-refractivity contribution in [2.75, 3.05) is 12.4 Å². The summed E-state index contributed by atoms with van der Waals surface area (Å²) in [5.41, 5.74) is 10.2. The Morgan fingerprint density at radius 2 is 2.20 bits per heavy atom. The fourth-order valence-electron chi connectivity index (χ4n) is 2.49. The number of furan rings is 1. The lowest BCUT2D eigenvalue weighted by molar-refractivity contribution is 0.218. The van der Waals surface area contributed by atoms with Crippen molar-refractivity contribution in [3.05, 3.63) is 53.0 Å². The van der Waals surface area contributed by atoms with Crippen LogP contribution in [0.25, 0.3) is 0 Å². The molecule has 0 spiro atoms. The fourth-order valence-corrected chi connectivity index (χ4v) is 2.49. The Labute approximate surface area is 117 Å². The maximum absolute atomic E-state index is 11.6. The monoisotopic (exact) mass is 271 g/mol. The van der Waals surface area contributed by atoms with E-state index in [9.17, 15) is 4.79 Å². The average molecular weight is 271 g/mol. The topological polar surface area (TPSA) is 71.5 Å². The van der Waals surface area contributed by atoms with Gasteiger partial charge in [-0.25, -0.2) is 4.79 Å². The quantitative estimate of drug-likeness (QED) is 0.882. The van der Waals surface area contributed by atoms with Gasteiger partial charge in [-0.2, -0.15) is 0 Å². The van der Waals surface area contributed by atoms with Gasteiger partial charge in [0.15, 0.2) is 0 Å². The summed E-state index contributed by atoms with van der Waals surface area (Å²) in [6, 6.07) is 7.49. The molecule has 20 heavy (non-hydrogen) atoms. The molecule has 0 aliphatic carbocycles. The Balaban J connectivity index is 1.95. The van der Waals surface area contributed by atoms with Crippen LogP contribution in [0.5, 0.6) is 0 Å². The van der Waals surface area contributed by atoms with Gasteiger partial charge in [0.2, 0.25) is 0 Å². The van der Waals surface area contributed by atoms with E-state index in [1.54, 1.807) is 18.2 Å². The van der Waals surface area contributed by atoms with Crippen molar-refractivity contribution >= 4 is 11.7 Å². The van der Waals surface area contributed by atoms with Crippen LogP contribution in [0.3, 0.4) is 0 Å². The highest BCUT2D eigenvalue weighted by Crippen LogP contribution is 2.29. The summed E-state index contributed by atoms with van der Waals surface area (Å²) in [5.74, 6) is 0.834. The molecule has 0 radical (unpaired) electrons. The van der Waals surface area contributed by atoms with Gasteiger partial charge in [0.05, 0.1) is 12.3 Å². The van der Waals surface area contributed by atoms with E-state index < -0.39 is 0 Å². The number of fused-ring (bicyclic) bond motifs is 1. The van der Waals surface area contributed by atoms with E-state index in [-0.39, 0.29) is 12.1 Å². The molecule has 1 aromatic heterocycles. The number of aryl methyl sites for hydroxylation is 1. The molecule has 3 rings (SSSR count). The first-order valence-corrected chi connectivity index (χ1v) is 6.51. The van der Waals surface area contributed by atoms with Gasteiger partial charge >= 0.3 is 6.03 Å². The molecule has 1 aromatic carbocycles. The minimum atomic E-state index is -0.220. The summed E-state index contributed by atoms with van der Waals surface area (Å²) in [7, 11) is 1.77. The van der Waals surface area contributed by atoms with Crippen molar-refractivity contribution in [3.8, 4) is 0 Å². The number of benzene rings is 1. The summed E-state index contributed by atoms with van der Waals surface area (Å²) in [6.45, 7) is 2.49. The summed E-state index contributed by atoms with van der Waals surface area (Å²) in [5, 5.41) is 2.85. The third kappa shape index (κ3) is 2.06. The van der Waals surface area contributed by atoms with Crippen molar-refractivity contribution in [1.29, 1.82) is 0 Å². The van der Waals surface area contributed by atoms with Crippen LogP contribution in [-0.2, 0) is 6.54 Å². The molecule has 3 N–H and O–H groups in total. The number of nitrogens with two attached hydrogens (primary N) is 1. The van der Waals surface area contributed by atoms with E-state index in [4.69, 9.17) is 10.2 Å². The number of urea groups is 1. The van der Waals surface area contributed by atoms with Gasteiger partial charge in [0.25, 0.3) is 0 Å². The first-order valence-electron chi connectivity index (χ1n) is 6.51. The van der Waals surface area contributed by atoms with Crippen LogP contribution >= 0.6 is 0 Å². The predicted octanol–water partition coefficient (Wildman–Crippen LogP) is 2.61. The number of anilines is 1. The van der Waals surface area contributed by atoms with Gasteiger partial charge in [-0.1, -0.05) is 12.1 Å². The summed E-state index contributed by atoms with van der Waals surface area (Å²) < 4.78 is 5.31. The molecule has 1 unspecified atom stereocenters. The molecule has 0 fully saturated rings. The minimum absolute atomic E-state index is 0.0831. The number of nitrogens with one attached hydrogen (secondary N) is 1. The zero-order valence-electron chi connectivity index (χ0n) is 11.5. The Hall–Kier alpha value is -2.27. The highest BCUT2D eigenvalue weighted by atomic mass is 16.3. The van der Waals surface area contributed by atoms with Crippen LogP contribution in [0, 0.1) is 6.92 Å². The number of rotatable bonds is 2. The van der Waals surface area contributed by atoms with Gasteiger partial charge in [-0.15, -0.1) is 0 Å². The van der Waals surface area contributed by atoms with Crippen LogP contribution < -0.4 is 11.1 Å². The second-order valence-corrected chi connectivity index (χ2v) is 5.11. The lowest BCUT2D eigenvalue weighted by Gasteiger charge is -2.27. The second-order valence-electron chi connectivity index (χ2n) is 5.11. The lowest BCUT2D eigenvalue weighted by Crippen LogP contribution is -2.35. The average Bonchev–Trinajstić information content (AvgIpc) is 2.85. The smallest absolute Gasteiger partial charge is 0.321 e. The number of hydrogen-bond donors (Lipinski definition) is 2. The molecule has 104 valence electrons. The Morgan fingerprint density at radius 1 is 1.40 bits per heavy atom. The van der Waals surface area contributed by atoms with Crippen molar-refractivity contribution in [2.24, 2.45) is 5.73 Å². The van der Waals surface area contributed by atoms with Crippen LogP contribution in [0.4, 0.5) is 10.5 Å². The van der Waals surface area contributed by atoms with E-state index in [0.29, 0.717) is 6.54 Å². The maximum atomic E-state index is 11.6. The van der Waals surface area contributed by atoms with Crippen LogP contribution in [0.2, 0.25) is 0 Å². The largest absolute Gasteiger partial charge is 0.469 e. The number of hydrogen-bond acceptors (Lipinski definition) is 3. The molecule has 1 atom stereocenters. The van der Waals surface area contributed by atoms with E-state index in [0.717, 1.165) is 28.1 Å². The number of amides is 2. The zero-order valence-corrected chi connectivity index (χ0v) is 11.5. The lowest BCUT2D eigenvalue weighted by atomic mass is 9.97. The molecule has 2 aromatic rings. The van der Waals surface area contributed by atoms with Crippen LogP contribution in [0.1, 0.15) is 28.5 Å². The predicted molar refractivity (Wildman–Crippen MR) is 76.4 cm³/mol. The molecule has 1 aliphatic rings. The third-order valence-corrected chi connectivity index (χ3v) is 3.72. The number of carbonyl (C=O) groups is 1. The van der Waals surface area contributed by atoms with E-state index >= 15 is 0 Å². The van der Waals surface area contributed by atoms with Crippen molar-refractivity contribution in [2.45, 2.75) is 19.5 Å². The normalized spacial score (nSPS) is 15.8. The van der Waals surface area contributed by atoms with Crippen LogP contribution in [-0.4, -0.2) is 18.0 Å². The minimum Gasteiger partial charge on any atom is -0.469 e. The molecule has 5 heteroatoms. The van der Waals surface area contributed by atoms with Gasteiger partial charge in [0, 0.05) is 24.8 Å². The summed E-state index contributed by atoms with van der Waals surface area (Å²) in [4.78, 5) is 13.2. The molecule has 2 heterocycles. The molecule has 0 saturated carbocycles. The Morgan fingerprint density at radius 3 is 2.90 bits per heavy atom. The highest BCUT2D eigenvalue weighted by molar-refractivity contribution is 5.92. The van der Waals surface area contributed by atoms with Gasteiger partial charge in [-0.05, 0) is 30.2 Å². The van der Waals surface area contributed by atoms with E-state index in [1.165, 1.54) is 0 Å². The standard InChI is InChI=1S/C15H17N3O2/c1-9-12(5-6-20-9)14(16)10-3-4-13-11(7-10)8-18(2)15(19)17-13/h3-7,14H,8,16H2,1-2H3,(H,17,19). The number of nitrogens with zero attached hydrogens (tertiary/aromatic N) is 1. The maximum Gasteiger partial charge on any atom is 0.321 e. The fraction of sp³-hybridized carbons (Fsp3) is 0.267. The summed E-state index contributed by atoms with van der Waals surface area (Å²) in [6.07, 6.45) is 1.65. The van der Waals surface area contributed by atoms with Crippen molar-refractivity contribution in [1.82, 2.24) is 4.90 Å². The summed E-state index contributed by atoms with van der Waals surface area (Å²) >= 11 is 0. The van der Waals surface area contributed by atoms with E-state index in [1.807, 2.05) is 31.2 Å². The zero-order chi connectivity index (χ0) is 14.3. The first kappa shape index (κ1) is 12.7. The van der Waals surface area contributed by atoms with Crippen molar-refractivity contribution < 1.29 is 9.21 Å². The number of carbonyl (C=O) groups excluding carboxylic acids is 1. The first-order chi connectivity index (χ1) is 9.56. The Bertz CT molecular complexity index is 663. The SMILES string of the molecule is Cc1occc1C(N)c1ccc2c(c1)CN(C)C(=O)N2. The third-order valence-electron chi connectivity index (χ3n) is 3.72. The van der Waals surface area contributed by atoms with E-state index in [2.05, 4.69) is 5.32 Å². The van der Waals surface area contributed by atoms with Gasteiger partial charge in [-0.3, -0.25) is 0 Å². The molecule has 0 saturated heterocycles. The van der Waals surface area contributed by atoms with Gasteiger partial charge in [0.1, 0.15) is 5.76 Å². The molecule has 5 nitrogen and oxygen atoms in total. The molecule has 0 bridgehead atoms. The second kappa shape index (κ2) is 4.68. The molecule has 2 amide bonds. The Kier molecular flexibility index (Phi) is 2.99.